The zero-order valence-electron chi connectivity index (χ0n) is 19.9. The van der Waals surface area contributed by atoms with Crippen LogP contribution in [0.25, 0.3) is 0 Å². The Morgan fingerprint density at radius 3 is 2.55 bits per heavy atom. The van der Waals surface area contributed by atoms with Crippen LogP contribution in [-0.4, -0.2) is 33.2 Å². The standard InChI is InChI=1S/C28H35N3O2/c1-4-25-19(2)26(30-29-25)18-31(3)28(33)23-13-10-20(11-14-23)16-21-12-15-24(17-21)27(32)22-8-6-5-7-9-22/h5-11,13-14,21,24,27,32H,4,12,15-18H2,1-3H3,(H,29,30)/t21?,24-,27+/m0/s1. The van der Waals surface area contributed by atoms with Crippen LogP contribution in [0.3, 0.4) is 0 Å². The summed E-state index contributed by atoms with van der Waals surface area (Å²) in [5, 5.41) is 18.1. The minimum atomic E-state index is -0.376. The van der Waals surface area contributed by atoms with Crippen molar-refractivity contribution in [1.29, 1.82) is 0 Å². The van der Waals surface area contributed by atoms with E-state index >= 15 is 0 Å². The van der Waals surface area contributed by atoms with E-state index in [1.807, 2.05) is 49.5 Å². The number of carbonyl (C=O) groups is 1. The number of H-pyrrole nitrogens is 1. The van der Waals surface area contributed by atoms with Crippen LogP contribution < -0.4 is 0 Å². The number of benzene rings is 2. The van der Waals surface area contributed by atoms with Crippen molar-refractivity contribution in [3.8, 4) is 0 Å². The Bertz CT molecular complexity index is 1060. The molecule has 0 saturated heterocycles. The Morgan fingerprint density at radius 1 is 1.15 bits per heavy atom. The summed E-state index contributed by atoms with van der Waals surface area (Å²) >= 11 is 0. The van der Waals surface area contributed by atoms with Crippen molar-refractivity contribution in [3.05, 3.63) is 88.2 Å². The number of aromatic nitrogens is 2. The SMILES string of the molecule is CCc1n[nH]c(CN(C)C(=O)c2ccc(CC3CC[C@H]([C@H](O)c4ccccc4)C3)cc2)c1C. The Balaban J connectivity index is 1.31. The van der Waals surface area contributed by atoms with Crippen LogP contribution in [0.2, 0.25) is 0 Å². The topological polar surface area (TPSA) is 69.2 Å². The van der Waals surface area contributed by atoms with Crippen LogP contribution in [0.15, 0.2) is 54.6 Å². The molecule has 33 heavy (non-hydrogen) atoms. The molecular weight excluding hydrogens is 410 g/mol. The zero-order valence-corrected chi connectivity index (χ0v) is 19.9. The number of rotatable bonds is 8. The molecule has 1 fully saturated rings. The molecular formula is C28H35N3O2. The molecule has 0 bridgehead atoms. The third-order valence-electron chi connectivity index (χ3n) is 7.18. The van der Waals surface area contributed by atoms with Gasteiger partial charge in [0.1, 0.15) is 0 Å². The largest absolute Gasteiger partial charge is 0.388 e. The summed E-state index contributed by atoms with van der Waals surface area (Å²) in [5.74, 6) is 0.917. The molecule has 1 heterocycles. The molecule has 1 aliphatic carbocycles. The fraction of sp³-hybridized carbons (Fsp3) is 0.429. The van der Waals surface area contributed by atoms with E-state index in [1.54, 1.807) is 4.90 Å². The third-order valence-corrected chi connectivity index (χ3v) is 7.18. The molecule has 4 rings (SSSR count). The average molecular weight is 446 g/mol. The highest BCUT2D eigenvalue weighted by molar-refractivity contribution is 5.94. The van der Waals surface area contributed by atoms with E-state index in [9.17, 15) is 9.90 Å². The lowest BCUT2D eigenvalue weighted by Gasteiger charge is -2.19. The van der Waals surface area contributed by atoms with Crippen molar-refractivity contribution in [2.45, 2.75) is 58.6 Å². The fourth-order valence-corrected chi connectivity index (χ4v) is 5.13. The van der Waals surface area contributed by atoms with E-state index in [-0.39, 0.29) is 12.0 Å². The molecule has 3 aromatic rings. The zero-order chi connectivity index (χ0) is 23.4. The Hall–Kier alpha value is -2.92. The van der Waals surface area contributed by atoms with Crippen LogP contribution in [0, 0.1) is 18.8 Å². The number of aromatic amines is 1. The highest BCUT2D eigenvalue weighted by atomic mass is 16.3. The van der Waals surface area contributed by atoms with Gasteiger partial charge in [-0.3, -0.25) is 9.89 Å². The van der Waals surface area contributed by atoms with Crippen LogP contribution in [0.4, 0.5) is 0 Å². The average Bonchev–Trinajstić information content (AvgIpc) is 3.45. The molecule has 3 atom stereocenters. The molecule has 0 aliphatic heterocycles. The second-order valence-electron chi connectivity index (χ2n) is 9.48. The number of nitrogens with zero attached hydrogens (tertiary/aromatic N) is 2. The maximum Gasteiger partial charge on any atom is 0.253 e. The van der Waals surface area contributed by atoms with Crippen molar-refractivity contribution >= 4 is 5.91 Å². The maximum atomic E-state index is 12.9. The highest BCUT2D eigenvalue weighted by Crippen LogP contribution is 2.40. The van der Waals surface area contributed by atoms with E-state index in [0.29, 0.717) is 23.9 Å². The van der Waals surface area contributed by atoms with Crippen LogP contribution in [0.5, 0.6) is 0 Å². The smallest absolute Gasteiger partial charge is 0.253 e. The van der Waals surface area contributed by atoms with Gasteiger partial charge in [0, 0.05) is 12.6 Å². The normalized spacial score (nSPS) is 18.9. The first-order valence-electron chi connectivity index (χ1n) is 12.1. The van der Waals surface area contributed by atoms with Crippen LogP contribution in [-0.2, 0) is 19.4 Å². The Morgan fingerprint density at radius 2 is 1.88 bits per heavy atom. The molecule has 5 heteroatoms. The minimum Gasteiger partial charge on any atom is -0.388 e. The predicted octanol–water partition coefficient (Wildman–Crippen LogP) is 5.25. The summed E-state index contributed by atoms with van der Waals surface area (Å²) in [7, 11) is 1.83. The molecule has 2 N–H and O–H groups in total. The lowest BCUT2D eigenvalue weighted by molar-refractivity contribution is 0.0783. The number of hydrogen-bond acceptors (Lipinski definition) is 3. The Labute approximate surface area is 196 Å². The molecule has 1 amide bonds. The first kappa shape index (κ1) is 23.2. The molecule has 174 valence electrons. The van der Waals surface area contributed by atoms with E-state index < -0.39 is 0 Å². The Kier molecular flexibility index (Phi) is 7.29. The lowest BCUT2D eigenvalue weighted by atomic mass is 9.91. The van der Waals surface area contributed by atoms with Gasteiger partial charge >= 0.3 is 0 Å². The fourth-order valence-electron chi connectivity index (χ4n) is 5.13. The number of nitrogens with one attached hydrogen (secondary N) is 1. The minimum absolute atomic E-state index is 0.0144. The molecule has 1 aromatic heterocycles. The van der Waals surface area contributed by atoms with Crippen molar-refractivity contribution < 1.29 is 9.90 Å². The summed E-state index contributed by atoms with van der Waals surface area (Å²) in [5.41, 5.74) is 6.17. The van der Waals surface area contributed by atoms with E-state index in [2.05, 4.69) is 36.2 Å². The summed E-state index contributed by atoms with van der Waals surface area (Å²) < 4.78 is 0. The predicted molar refractivity (Wildman–Crippen MR) is 131 cm³/mol. The number of aryl methyl sites for hydroxylation is 1. The van der Waals surface area contributed by atoms with Crippen LogP contribution in [0.1, 0.15) is 70.7 Å². The summed E-state index contributed by atoms with van der Waals surface area (Å²) in [4.78, 5) is 14.6. The number of aliphatic hydroxyl groups excluding tert-OH is 1. The van der Waals surface area contributed by atoms with Gasteiger partial charge in [0.2, 0.25) is 0 Å². The van der Waals surface area contributed by atoms with Gasteiger partial charge in [-0.15, -0.1) is 0 Å². The van der Waals surface area contributed by atoms with Gasteiger partial charge in [0.15, 0.2) is 0 Å². The van der Waals surface area contributed by atoms with Crippen molar-refractivity contribution in [2.75, 3.05) is 7.05 Å². The van der Waals surface area contributed by atoms with Crippen molar-refractivity contribution in [1.82, 2.24) is 15.1 Å². The first-order valence-corrected chi connectivity index (χ1v) is 12.1. The number of hydrogen-bond donors (Lipinski definition) is 2. The summed E-state index contributed by atoms with van der Waals surface area (Å²) in [6.45, 7) is 4.66. The molecule has 1 unspecified atom stereocenters. The maximum absolute atomic E-state index is 12.9. The van der Waals surface area contributed by atoms with E-state index in [1.165, 1.54) is 5.56 Å². The van der Waals surface area contributed by atoms with Gasteiger partial charge in [-0.1, -0.05) is 49.4 Å². The molecule has 2 aromatic carbocycles. The van der Waals surface area contributed by atoms with Gasteiger partial charge in [-0.05, 0) is 79.7 Å². The lowest BCUT2D eigenvalue weighted by Crippen LogP contribution is -2.26. The molecule has 0 radical (unpaired) electrons. The van der Waals surface area contributed by atoms with E-state index in [4.69, 9.17) is 0 Å². The van der Waals surface area contributed by atoms with Crippen LogP contribution >= 0.6 is 0 Å². The second kappa shape index (κ2) is 10.3. The van der Waals surface area contributed by atoms with E-state index in [0.717, 1.165) is 54.6 Å². The number of carbonyl (C=O) groups excluding carboxylic acids is 1. The first-order chi connectivity index (χ1) is 16.0. The number of amides is 1. The van der Waals surface area contributed by atoms with Gasteiger partial charge in [0.05, 0.1) is 24.0 Å². The molecule has 1 saturated carbocycles. The molecule has 1 aliphatic rings. The highest BCUT2D eigenvalue weighted by Gasteiger charge is 2.30. The van der Waals surface area contributed by atoms with Gasteiger partial charge < -0.3 is 10.0 Å². The summed E-state index contributed by atoms with van der Waals surface area (Å²) in [6.07, 6.45) is 4.75. The monoisotopic (exact) mass is 445 g/mol. The molecule has 5 nitrogen and oxygen atoms in total. The second-order valence-corrected chi connectivity index (χ2v) is 9.48. The van der Waals surface area contributed by atoms with Gasteiger partial charge in [-0.2, -0.15) is 5.10 Å². The quantitative estimate of drug-likeness (QED) is 0.498. The molecule has 0 spiro atoms. The summed E-state index contributed by atoms with van der Waals surface area (Å²) in [6, 6.07) is 18.0. The van der Waals surface area contributed by atoms with Gasteiger partial charge in [-0.25, -0.2) is 0 Å². The third kappa shape index (κ3) is 5.36. The number of aliphatic hydroxyl groups is 1. The van der Waals surface area contributed by atoms with Crippen molar-refractivity contribution in [3.63, 3.8) is 0 Å². The van der Waals surface area contributed by atoms with Gasteiger partial charge in [0.25, 0.3) is 5.91 Å². The van der Waals surface area contributed by atoms with Crippen molar-refractivity contribution in [2.24, 2.45) is 11.8 Å².